The molecule has 1 atom stereocenters. The molecule has 1 saturated heterocycles. The van der Waals surface area contributed by atoms with Crippen molar-refractivity contribution in [1.29, 1.82) is 0 Å². The second-order valence-electron chi connectivity index (χ2n) is 4.85. The first-order valence-corrected chi connectivity index (χ1v) is 6.21. The number of carbonyl (C=O) groups excluding carboxylic acids is 1. The third kappa shape index (κ3) is 3.47. The smallest absolute Gasteiger partial charge is 0.223 e. The van der Waals surface area contributed by atoms with E-state index in [0.717, 1.165) is 13.1 Å². The monoisotopic (exact) mass is 268 g/mol. The molecule has 18 heavy (non-hydrogen) atoms. The number of halogens is 1. The van der Waals surface area contributed by atoms with Crippen molar-refractivity contribution in [3.63, 3.8) is 0 Å². The Bertz CT molecular complexity index is 405. The van der Waals surface area contributed by atoms with Gasteiger partial charge in [-0.2, -0.15) is 0 Å². The quantitative estimate of drug-likeness (QED) is 0.876. The Hall–Kier alpha value is -1.06. The Morgan fingerprint density at radius 3 is 2.67 bits per heavy atom. The second kappa shape index (κ2) is 6.76. The summed E-state index contributed by atoms with van der Waals surface area (Å²) < 4.78 is 0. The summed E-state index contributed by atoms with van der Waals surface area (Å²) in [4.78, 5) is 11.9. The summed E-state index contributed by atoms with van der Waals surface area (Å²) in [6.07, 6.45) is 0. The standard InChI is InChI=1S/C14H20N2O.ClH/c1-10-5-3-4-6-12(10)9-16-14(17)11(2)13-7-15-8-13;/h3-6,11,13,15H,7-9H2,1-2H3,(H,16,17);1H. The average molecular weight is 269 g/mol. The molecular formula is C14H21ClN2O. The molecule has 1 heterocycles. The van der Waals surface area contributed by atoms with Crippen LogP contribution in [0.1, 0.15) is 18.1 Å². The van der Waals surface area contributed by atoms with Crippen molar-refractivity contribution in [2.24, 2.45) is 11.8 Å². The van der Waals surface area contributed by atoms with Gasteiger partial charge in [0, 0.05) is 12.5 Å². The van der Waals surface area contributed by atoms with Gasteiger partial charge in [-0.05, 0) is 37.1 Å². The minimum atomic E-state index is 0. The summed E-state index contributed by atoms with van der Waals surface area (Å²) >= 11 is 0. The van der Waals surface area contributed by atoms with Crippen LogP contribution < -0.4 is 10.6 Å². The van der Waals surface area contributed by atoms with Gasteiger partial charge in [-0.3, -0.25) is 4.79 Å². The number of benzene rings is 1. The lowest BCUT2D eigenvalue weighted by Gasteiger charge is -2.31. The first kappa shape index (κ1) is 15.0. The van der Waals surface area contributed by atoms with Crippen molar-refractivity contribution in [2.45, 2.75) is 20.4 Å². The Morgan fingerprint density at radius 1 is 1.44 bits per heavy atom. The molecular weight excluding hydrogens is 248 g/mol. The highest BCUT2D eigenvalue weighted by Gasteiger charge is 2.28. The first-order chi connectivity index (χ1) is 8.18. The van der Waals surface area contributed by atoms with Gasteiger partial charge in [0.05, 0.1) is 0 Å². The van der Waals surface area contributed by atoms with Crippen molar-refractivity contribution in [2.75, 3.05) is 13.1 Å². The lowest BCUT2D eigenvalue weighted by molar-refractivity contribution is -0.126. The fraction of sp³-hybridized carbons (Fsp3) is 0.500. The zero-order valence-electron chi connectivity index (χ0n) is 10.9. The molecule has 3 nitrogen and oxygen atoms in total. The van der Waals surface area contributed by atoms with E-state index in [2.05, 4.69) is 29.7 Å². The van der Waals surface area contributed by atoms with Crippen LogP contribution in [-0.4, -0.2) is 19.0 Å². The molecule has 4 heteroatoms. The van der Waals surface area contributed by atoms with Gasteiger partial charge in [-0.25, -0.2) is 0 Å². The third-order valence-electron chi connectivity index (χ3n) is 3.65. The van der Waals surface area contributed by atoms with Crippen LogP contribution in [0.4, 0.5) is 0 Å². The van der Waals surface area contributed by atoms with Crippen molar-refractivity contribution in [3.05, 3.63) is 35.4 Å². The predicted molar refractivity (Wildman–Crippen MR) is 75.8 cm³/mol. The zero-order chi connectivity index (χ0) is 12.3. The van der Waals surface area contributed by atoms with E-state index in [1.807, 2.05) is 19.1 Å². The van der Waals surface area contributed by atoms with E-state index in [-0.39, 0.29) is 24.2 Å². The van der Waals surface area contributed by atoms with Gasteiger partial charge in [0.2, 0.25) is 5.91 Å². The number of nitrogens with one attached hydrogen (secondary N) is 2. The van der Waals surface area contributed by atoms with Gasteiger partial charge in [-0.1, -0.05) is 31.2 Å². The maximum absolute atomic E-state index is 11.9. The molecule has 0 aromatic heterocycles. The highest BCUT2D eigenvalue weighted by Crippen LogP contribution is 2.16. The Morgan fingerprint density at radius 2 is 2.11 bits per heavy atom. The molecule has 1 amide bonds. The fourth-order valence-corrected chi connectivity index (χ4v) is 2.03. The molecule has 1 fully saturated rings. The Balaban J connectivity index is 0.00000162. The Kier molecular flexibility index (Phi) is 5.63. The topological polar surface area (TPSA) is 41.1 Å². The average Bonchev–Trinajstić information content (AvgIpc) is 2.25. The minimum absolute atomic E-state index is 0. The largest absolute Gasteiger partial charge is 0.352 e. The number of carbonyl (C=O) groups is 1. The van der Waals surface area contributed by atoms with Gasteiger partial charge >= 0.3 is 0 Å². The Labute approximate surface area is 115 Å². The predicted octanol–water partition coefficient (Wildman–Crippen LogP) is 1.89. The summed E-state index contributed by atoms with van der Waals surface area (Å²) in [5.41, 5.74) is 2.42. The van der Waals surface area contributed by atoms with Crippen molar-refractivity contribution >= 4 is 18.3 Å². The van der Waals surface area contributed by atoms with Crippen molar-refractivity contribution in [3.8, 4) is 0 Å². The summed E-state index contributed by atoms with van der Waals surface area (Å²) in [6, 6.07) is 8.16. The number of amides is 1. The van der Waals surface area contributed by atoms with Crippen LogP contribution in [0, 0.1) is 18.8 Å². The van der Waals surface area contributed by atoms with E-state index in [1.54, 1.807) is 0 Å². The molecule has 0 radical (unpaired) electrons. The fourth-order valence-electron chi connectivity index (χ4n) is 2.03. The van der Waals surface area contributed by atoms with Crippen LogP contribution in [0.2, 0.25) is 0 Å². The molecule has 0 saturated carbocycles. The van der Waals surface area contributed by atoms with E-state index in [1.165, 1.54) is 11.1 Å². The number of aryl methyl sites for hydroxylation is 1. The van der Waals surface area contributed by atoms with Gasteiger partial charge in [0.1, 0.15) is 0 Å². The number of rotatable bonds is 4. The normalized spacial score (nSPS) is 16.3. The molecule has 1 unspecified atom stereocenters. The van der Waals surface area contributed by atoms with Crippen LogP contribution in [-0.2, 0) is 11.3 Å². The van der Waals surface area contributed by atoms with E-state index in [4.69, 9.17) is 0 Å². The zero-order valence-corrected chi connectivity index (χ0v) is 11.7. The van der Waals surface area contributed by atoms with Crippen LogP contribution >= 0.6 is 12.4 Å². The lowest BCUT2D eigenvalue weighted by atomic mass is 9.88. The van der Waals surface area contributed by atoms with Crippen molar-refractivity contribution in [1.82, 2.24) is 10.6 Å². The van der Waals surface area contributed by atoms with Crippen LogP contribution in [0.3, 0.4) is 0 Å². The second-order valence-corrected chi connectivity index (χ2v) is 4.85. The lowest BCUT2D eigenvalue weighted by Crippen LogP contribution is -2.49. The molecule has 1 aromatic rings. The van der Waals surface area contributed by atoms with E-state index < -0.39 is 0 Å². The summed E-state index contributed by atoms with van der Waals surface area (Å²) in [6.45, 7) is 6.66. The molecule has 0 spiro atoms. The van der Waals surface area contributed by atoms with Gasteiger partial charge < -0.3 is 10.6 Å². The molecule has 1 aliphatic heterocycles. The highest BCUT2D eigenvalue weighted by atomic mass is 35.5. The van der Waals surface area contributed by atoms with E-state index >= 15 is 0 Å². The van der Waals surface area contributed by atoms with Gasteiger partial charge in [-0.15, -0.1) is 12.4 Å². The minimum Gasteiger partial charge on any atom is -0.352 e. The SMILES string of the molecule is Cc1ccccc1CNC(=O)C(C)C1CNC1.Cl. The summed E-state index contributed by atoms with van der Waals surface area (Å²) in [5.74, 6) is 0.784. The molecule has 0 aliphatic carbocycles. The molecule has 1 aromatic carbocycles. The van der Waals surface area contributed by atoms with Gasteiger partial charge in [0.15, 0.2) is 0 Å². The molecule has 2 N–H and O–H groups in total. The molecule has 0 bridgehead atoms. The highest BCUT2D eigenvalue weighted by molar-refractivity contribution is 5.85. The molecule has 100 valence electrons. The summed E-state index contributed by atoms with van der Waals surface area (Å²) in [7, 11) is 0. The van der Waals surface area contributed by atoms with E-state index in [0.29, 0.717) is 12.5 Å². The van der Waals surface area contributed by atoms with Gasteiger partial charge in [0.25, 0.3) is 0 Å². The number of hydrogen-bond acceptors (Lipinski definition) is 2. The first-order valence-electron chi connectivity index (χ1n) is 6.21. The van der Waals surface area contributed by atoms with Crippen LogP contribution in [0.15, 0.2) is 24.3 Å². The third-order valence-corrected chi connectivity index (χ3v) is 3.65. The van der Waals surface area contributed by atoms with Crippen LogP contribution in [0.5, 0.6) is 0 Å². The number of hydrogen-bond donors (Lipinski definition) is 2. The maximum Gasteiger partial charge on any atom is 0.223 e. The van der Waals surface area contributed by atoms with E-state index in [9.17, 15) is 4.79 Å². The maximum atomic E-state index is 11.9. The van der Waals surface area contributed by atoms with Crippen molar-refractivity contribution < 1.29 is 4.79 Å². The summed E-state index contributed by atoms with van der Waals surface area (Å²) in [5, 5.41) is 6.22. The van der Waals surface area contributed by atoms with Crippen LogP contribution in [0.25, 0.3) is 0 Å². The molecule has 2 rings (SSSR count). The molecule has 1 aliphatic rings.